The summed E-state index contributed by atoms with van der Waals surface area (Å²) in [4.78, 5) is 18.6. The summed E-state index contributed by atoms with van der Waals surface area (Å²) in [6.45, 7) is 4.87. The van der Waals surface area contributed by atoms with Crippen LogP contribution in [0.25, 0.3) is 0 Å². The van der Waals surface area contributed by atoms with Crippen molar-refractivity contribution in [3.8, 4) is 0 Å². The number of anilines is 1. The minimum atomic E-state index is -4.36. The number of aromatic nitrogens is 3. The van der Waals surface area contributed by atoms with Gasteiger partial charge in [-0.2, -0.15) is 18.3 Å². The molecular weight excluding hydrogens is 395 g/mol. The van der Waals surface area contributed by atoms with Gasteiger partial charge in [0.1, 0.15) is 11.5 Å². The Kier molecular flexibility index (Phi) is 5.46. The van der Waals surface area contributed by atoms with Crippen LogP contribution in [0.1, 0.15) is 61.3 Å². The standard InChI is InChI=1S/C21H26F3N5O/c1-13(2)16-10-18(21(22,23)24)29-19(26-16)11-17(27-29)14-6-5-9-28(12-14)20(30)15-7-3-4-8-25-15/h3-4,7-8,11,13-14,16,18,26H,5-6,9-10,12H2,1-2H3. The number of nitrogens with one attached hydrogen (secondary N) is 1. The highest BCUT2D eigenvalue weighted by Gasteiger charge is 2.47. The fourth-order valence-corrected chi connectivity index (χ4v) is 4.31. The van der Waals surface area contributed by atoms with Gasteiger partial charge in [-0.25, -0.2) is 4.68 Å². The van der Waals surface area contributed by atoms with E-state index in [4.69, 9.17) is 0 Å². The first-order valence-electron chi connectivity index (χ1n) is 10.4. The lowest BCUT2D eigenvalue weighted by atomic mass is 9.93. The molecule has 2 aromatic rings. The van der Waals surface area contributed by atoms with Gasteiger partial charge in [0.05, 0.1) is 5.69 Å². The van der Waals surface area contributed by atoms with Crippen LogP contribution in [-0.4, -0.2) is 50.9 Å². The molecule has 162 valence electrons. The molecule has 0 spiro atoms. The molecule has 4 rings (SSSR count). The van der Waals surface area contributed by atoms with E-state index in [1.54, 1.807) is 35.4 Å². The second-order valence-electron chi connectivity index (χ2n) is 8.49. The number of piperidine rings is 1. The molecule has 2 aromatic heterocycles. The summed E-state index contributed by atoms with van der Waals surface area (Å²) in [5.41, 5.74) is 0.982. The van der Waals surface area contributed by atoms with Gasteiger partial charge in [0.15, 0.2) is 6.04 Å². The Morgan fingerprint density at radius 3 is 2.77 bits per heavy atom. The Hall–Kier alpha value is -2.58. The molecular formula is C21H26F3N5O. The van der Waals surface area contributed by atoms with Gasteiger partial charge < -0.3 is 10.2 Å². The molecule has 1 amide bonds. The first kappa shape index (κ1) is 20.7. The molecule has 1 N–H and O–H groups in total. The van der Waals surface area contributed by atoms with E-state index in [0.29, 0.717) is 30.3 Å². The second kappa shape index (κ2) is 7.92. The number of likely N-dealkylation sites (tertiary alicyclic amines) is 1. The van der Waals surface area contributed by atoms with E-state index in [1.165, 1.54) is 0 Å². The van der Waals surface area contributed by atoms with E-state index in [0.717, 1.165) is 17.5 Å². The normalized spacial score (nSPS) is 24.5. The number of hydrogen-bond acceptors (Lipinski definition) is 4. The van der Waals surface area contributed by atoms with Crippen LogP contribution in [0, 0.1) is 5.92 Å². The fraction of sp³-hybridized carbons (Fsp3) is 0.571. The van der Waals surface area contributed by atoms with Gasteiger partial charge in [0.2, 0.25) is 0 Å². The van der Waals surface area contributed by atoms with Crippen molar-refractivity contribution < 1.29 is 18.0 Å². The molecule has 9 heteroatoms. The SMILES string of the molecule is CC(C)C1CC(C(F)(F)F)n2nc(C3CCCN(C(=O)c4ccccn4)C3)cc2N1. The third kappa shape index (κ3) is 4.02. The number of hydrogen-bond donors (Lipinski definition) is 1. The molecule has 0 radical (unpaired) electrons. The van der Waals surface area contributed by atoms with Gasteiger partial charge in [-0.05, 0) is 37.3 Å². The van der Waals surface area contributed by atoms with Crippen LogP contribution < -0.4 is 5.32 Å². The van der Waals surface area contributed by atoms with Gasteiger partial charge in [0.25, 0.3) is 5.91 Å². The molecule has 0 bridgehead atoms. The van der Waals surface area contributed by atoms with Gasteiger partial charge in [-0.15, -0.1) is 0 Å². The quantitative estimate of drug-likeness (QED) is 0.805. The van der Waals surface area contributed by atoms with Crippen molar-refractivity contribution >= 4 is 11.7 Å². The summed E-state index contributed by atoms with van der Waals surface area (Å²) in [5.74, 6) is 0.224. The number of fused-ring (bicyclic) bond motifs is 1. The monoisotopic (exact) mass is 421 g/mol. The number of carbonyl (C=O) groups excluding carboxylic acids is 1. The zero-order valence-corrected chi connectivity index (χ0v) is 17.1. The number of nitrogens with zero attached hydrogens (tertiary/aromatic N) is 4. The Balaban J connectivity index is 1.57. The summed E-state index contributed by atoms with van der Waals surface area (Å²) in [5, 5.41) is 7.59. The van der Waals surface area contributed by atoms with Crippen molar-refractivity contribution in [2.24, 2.45) is 5.92 Å². The second-order valence-corrected chi connectivity index (χ2v) is 8.49. The predicted octanol–water partition coefficient (Wildman–Crippen LogP) is 4.24. The molecule has 1 fully saturated rings. The fourth-order valence-electron chi connectivity index (χ4n) is 4.31. The number of amides is 1. The van der Waals surface area contributed by atoms with E-state index in [1.807, 2.05) is 13.8 Å². The summed E-state index contributed by atoms with van der Waals surface area (Å²) < 4.78 is 42.2. The van der Waals surface area contributed by atoms with Gasteiger partial charge in [0, 0.05) is 37.3 Å². The van der Waals surface area contributed by atoms with E-state index in [2.05, 4.69) is 15.4 Å². The molecule has 0 aliphatic carbocycles. The average molecular weight is 421 g/mol. The molecule has 0 saturated carbocycles. The van der Waals surface area contributed by atoms with Crippen LogP contribution in [0.2, 0.25) is 0 Å². The average Bonchev–Trinajstić information content (AvgIpc) is 3.16. The highest BCUT2D eigenvalue weighted by molar-refractivity contribution is 5.92. The van der Waals surface area contributed by atoms with E-state index >= 15 is 0 Å². The molecule has 3 unspecified atom stereocenters. The van der Waals surface area contributed by atoms with Crippen LogP contribution in [0.4, 0.5) is 19.0 Å². The topological polar surface area (TPSA) is 63.1 Å². The first-order chi connectivity index (χ1) is 14.2. The van der Waals surface area contributed by atoms with E-state index < -0.39 is 12.2 Å². The first-order valence-corrected chi connectivity index (χ1v) is 10.4. The molecule has 2 aliphatic rings. The van der Waals surface area contributed by atoms with E-state index in [-0.39, 0.29) is 30.2 Å². The van der Waals surface area contributed by atoms with Crippen molar-refractivity contribution in [3.63, 3.8) is 0 Å². The summed E-state index contributed by atoms with van der Waals surface area (Å²) in [6.07, 6.45) is -1.26. The Morgan fingerprint density at radius 2 is 2.10 bits per heavy atom. The smallest absolute Gasteiger partial charge is 0.367 e. The van der Waals surface area contributed by atoms with Crippen LogP contribution >= 0.6 is 0 Å². The molecule has 6 nitrogen and oxygen atoms in total. The minimum Gasteiger partial charge on any atom is -0.367 e. The molecule has 0 aromatic carbocycles. The molecule has 1 saturated heterocycles. The van der Waals surface area contributed by atoms with Crippen molar-refractivity contribution in [3.05, 3.63) is 41.9 Å². The maximum absolute atomic E-state index is 13.7. The summed E-state index contributed by atoms with van der Waals surface area (Å²) in [6, 6.07) is 5.02. The van der Waals surface area contributed by atoms with Crippen LogP contribution in [0.5, 0.6) is 0 Å². The molecule has 30 heavy (non-hydrogen) atoms. The number of alkyl halides is 3. The van der Waals surface area contributed by atoms with Gasteiger partial charge in [-0.1, -0.05) is 19.9 Å². The maximum Gasteiger partial charge on any atom is 0.410 e. The van der Waals surface area contributed by atoms with Crippen molar-refractivity contribution in [1.82, 2.24) is 19.7 Å². The summed E-state index contributed by atoms with van der Waals surface area (Å²) >= 11 is 0. The largest absolute Gasteiger partial charge is 0.410 e. The van der Waals surface area contributed by atoms with E-state index in [9.17, 15) is 18.0 Å². The minimum absolute atomic E-state index is 0.0375. The lowest BCUT2D eigenvalue weighted by molar-refractivity contribution is -0.174. The number of pyridine rings is 1. The van der Waals surface area contributed by atoms with Gasteiger partial charge in [-0.3, -0.25) is 9.78 Å². The highest BCUT2D eigenvalue weighted by Crippen LogP contribution is 2.42. The van der Waals surface area contributed by atoms with Gasteiger partial charge >= 0.3 is 6.18 Å². The molecule has 3 atom stereocenters. The van der Waals surface area contributed by atoms with Crippen molar-refractivity contribution in [2.45, 2.75) is 57.3 Å². The zero-order valence-electron chi connectivity index (χ0n) is 17.1. The Labute approximate surface area is 173 Å². The number of carbonyl (C=O) groups is 1. The number of rotatable bonds is 3. The number of halogens is 3. The van der Waals surface area contributed by atoms with Crippen molar-refractivity contribution in [1.29, 1.82) is 0 Å². The Morgan fingerprint density at radius 1 is 1.30 bits per heavy atom. The third-order valence-electron chi connectivity index (χ3n) is 6.05. The molecule has 4 heterocycles. The Bertz CT molecular complexity index is 896. The molecule has 2 aliphatic heterocycles. The maximum atomic E-state index is 13.7. The predicted molar refractivity (Wildman–Crippen MR) is 106 cm³/mol. The third-order valence-corrected chi connectivity index (χ3v) is 6.05. The van der Waals surface area contributed by atoms with Crippen molar-refractivity contribution in [2.75, 3.05) is 18.4 Å². The van der Waals surface area contributed by atoms with Crippen LogP contribution in [0.3, 0.4) is 0 Å². The summed E-state index contributed by atoms with van der Waals surface area (Å²) in [7, 11) is 0. The highest BCUT2D eigenvalue weighted by atomic mass is 19.4. The zero-order chi connectivity index (χ0) is 21.5. The van der Waals surface area contributed by atoms with Crippen LogP contribution in [-0.2, 0) is 0 Å². The lowest BCUT2D eigenvalue weighted by Crippen LogP contribution is -2.41. The lowest BCUT2D eigenvalue weighted by Gasteiger charge is -2.35. The van der Waals surface area contributed by atoms with Crippen LogP contribution in [0.15, 0.2) is 30.5 Å².